The third kappa shape index (κ3) is 2.52. The molecule has 0 saturated heterocycles. The normalized spacial score (nSPS) is 14.5. The van der Waals surface area contributed by atoms with E-state index >= 15 is 0 Å². The van der Waals surface area contributed by atoms with Crippen LogP contribution < -0.4 is 10.6 Å². The Morgan fingerprint density at radius 3 is 2.55 bits per heavy atom. The number of hydrogen-bond donors (Lipinski definition) is 1. The summed E-state index contributed by atoms with van der Waals surface area (Å²) in [6, 6.07) is 14.9. The van der Waals surface area contributed by atoms with Crippen molar-refractivity contribution in [1.29, 1.82) is 0 Å². The molecule has 0 spiro atoms. The number of nitrogens with two attached hydrogens (primary N) is 1. The predicted molar refractivity (Wildman–Crippen MR) is 95.7 cm³/mol. The van der Waals surface area contributed by atoms with Crippen molar-refractivity contribution in [3.63, 3.8) is 0 Å². The van der Waals surface area contributed by atoms with Gasteiger partial charge in [0.15, 0.2) is 0 Å². The van der Waals surface area contributed by atoms with E-state index in [2.05, 4.69) is 80.1 Å². The molecule has 1 unspecified atom stereocenters. The van der Waals surface area contributed by atoms with E-state index in [9.17, 15) is 0 Å². The molecule has 1 aliphatic rings. The van der Waals surface area contributed by atoms with Crippen molar-refractivity contribution in [2.45, 2.75) is 19.4 Å². The molecule has 2 aromatic carbocycles. The molecule has 0 saturated carbocycles. The van der Waals surface area contributed by atoms with Crippen molar-refractivity contribution in [3.8, 4) is 0 Å². The van der Waals surface area contributed by atoms with E-state index in [1.165, 1.54) is 27.9 Å². The van der Waals surface area contributed by atoms with Crippen LogP contribution in [0.3, 0.4) is 0 Å². The molecule has 1 heterocycles. The van der Waals surface area contributed by atoms with Crippen molar-refractivity contribution < 1.29 is 0 Å². The average molecular weight is 290 g/mol. The molecule has 0 bridgehead atoms. The van der Waals surface area contributed by atoms with E-state index in [1.807, 2.05) is 0 Å². The maximum atomic E-state index is 5.96. The molecule has 0 amide bonds. The Bertz CT molecular complexity index is 743. The fraction of sp³-hybridized carbons (Fsp3) is 0.200. The van der Waals surface area contributed by atoms with Gasteiger partial charge in [-0.3, -0.25) is 0 Å². The van der Waals surface area contributed by atoms with Crippen molar-refractivity contribution in [1.82, 2.24) is 0 Å². The Hall–Kier alpha value is -2.48. The summed E-state index contributed by atoms with van der Waals surface area (Å²) in [4.78, 5) is 2.31. The van der Waals surface area contributed by atoms with Crippen LogP contribution in [0.4, 0.5) is 5.69 Å². The highest BCUT2D eigenvalue weighted by molar-refractivity contribution is 5.81. The molecule has 0 aromatic heterocycles. The van der Waals surface area contributed by atoms with E-state index < -0.39 is 0 Å². The highest BCUT2D eigenvalue weighted by atomic mass is 15.1. The summed E-state index contributed by atoms with van der Waals surface area (Å²) < 4.78 is 0. The molecule has 0 fully saturated rings. The first-order valence-electron chi connectivity index (χ1n) is 7.62. The Labute approximate surface area is 132 Å². The Kier molecular flexibility index (Phi) is 3.76. The average Bonchev–Trinajstić information content (AvgIpc) is 2.51. The summed E-state index contributed by atoms with van der Waals surface area (Å²) in [5.41, 5.74) is 13.0. The Morgan fingerprint density at radius 2 is 1.77 bits per heavy atom. The molecule has 2 aromatic rings. The van der Waals surface area contributed by atoms with Gasteiger partial charge in [-0.2, -0.15) is 0 Å². The van der Waals surface area contributed by atoms with Gasteiger partial charge in [0.1, 0.15) is 0 Å². The first-order chi connectivity index (χ1) is 10.6. The molecule has 1 aliphatic heterocycles. The van der Waals surface area contributed by atoms with Crippen molar-refractivity contribution in [3.05, 3.63) is 77.0 Å². The minimum absolute atomic E-state index is 0.139. The summed E-state index contributed by atoms with van der Waals surface area (Å²) in [7, 11) is 2.14. The molecule has 22 heavy (non-hydrogen) atoms. The highest BCUT2D eigenvalue weighted by Gasteiger charge is 2.19. The molecular formula is C20H22N2. The topological polar surface area (TPSA) is 29.3 Å². The van der Waals surface area contributed by atoms with Crippen molar-refractivity contribution in [2.75, 3.05) is 11.9 Å². The van der Waals surface area contributed by atoms with E-state index in [0.29, 0.717) is 5.70 Å². The molecular weight excluding hydrogens is 268 g/mol. The molecule has 1 atom stereocenters. The number of fused-ring (bicyclic) bond motifs is 2. The summed E-state index contributed by atoms with van der Waals surface area (Å²) in [5, 5.41) is 0. The lowest BCUT2D eigenvalue weighted by Crippen LogP contribution is -2.22. The van der Waals surface area contributed by atoms with Crippen LogP contribution in [0.25, 0.3) is 12.2 Å². The zero-order chi connectivity index (χ0) is 15.7. The third-order valence-electron chi connectivity index (χ3n) is 4.41. The monoisotopic (exact) mass is 290 g/mol. The number of hydrogen-bond acceptors (Lipinski definition) is 2. The Morgan fingerprint density at radius 1 is 1.09 bits per heavy atom. The number of allylic oxidation sites excluding steroid dienone is 1. The second-order valence-corrected chi connectivity index (χ2v) is 5.97. The molecule has 0 aliphatic carbocycles. The molecule has 112 valence electrons. The third-order valence-corrected chi connectivity index (χ3v) is 4.41. The molecule has 2 N–H and O–H groups in total. The SMILES string of the molecule is C=C(N)C(C)c1cccc2c1N(C)Cc1ccccc1C=C2. The lowest BCUT2D eigenvalue weighted by Gasteiger charge is -2.29. The summed E-state index contributed by atoms with van der Waals surface area (Å²) in [6.45, 7) is 6.92. The molecule has 3 rings (SSSR count). The van der Waals surface area contributed by atoms with Crippen LogP contribution in [-0.4, -0.2) is 7.05 Å². The number of rotatable bonds is 2. The van der Waals surface area contributed by atoms with Gasteiger partial charge in [0.2, 0.25) is 0 Å². The van der Waals surface area contributed by atoms with Crippen molar-refractivity contribution >= 4 is 17.8 Å². The van der Waals surface area contributed by atoms with Crippen LogP contribution in [0, 0.1) is 0 Å². The fourth-order valence-corrected chi connectivity index (χ4v) is 3.06. The fourth-order valence-electron chi connectivity index (χ4n) is 3.06. The predicted octanol–water partition coefficient (Wildman–Crippen LogP) is 4.38. The first kappa shape index (κ1) is 14.5. The smallest absolute Gasteiger partial charge is 0.0479 e. The van der Waals surface area contributed by atoms with Crippen LogP contribution in [0.1, 0.15) is 35.1 Å². The van der Waals surface area contributed by atoms with Gasteiger partial charge < -0.3 is 10.6 Å². The maximum Gasteiger partial charge on any atom is 0.0479 e. The number of anilines is 1. The zero-order valence-electron chi connectivity index (χ0n) is 13.2. The van der Waals surface area contributed by atoms with Gasteiger partial charge in [-0.15, -0.1) is 0 Å². The van der Waals surface area contributed by atoms with Gasteiger partial charge >= 0.3 is 0 Å². The van der Waals surface area contributed by atoms with Gasteiger partial charge in [0, 0.05) is 30.9 Å². The summed E-state index contributed by atoms with van der Waals surface area (Å²) in [6.07, 6.45) is 4.40. The molecule has 2 heteroatoms. The summed E-state index contributed by atoms with van der Waals surface area (Å²) in [5.74, 6) is 0.139. The largest absolute Gasteiger partial charge is 0.402 e. The van der Waals surface area contributed by atoms with Gasteiger partial charge in [-0.1, -0.05) is 68.1 Å². The maximum absolute atomic E-state index is 5.96. The van der Waals surface area contributed by atoms with E-state index in [0.717, 1.165) is 6.54 Å². The van der Waals surface area contributed by atoms with Crippen LogP contribution in [-0.2, 0) is 6.54 Å². The van der Waals surface area contributed by atoms with Gasteiger partial charge in [0.25, 0.3) is 0 Å². The summed E-state index contributed by atoms with van der Waals surface area (Å²) >= 11 is 0. The minimum Gasteiger partial charge on any atom is -0.402 e. The van der Waals surface area contributed by atoms with Crippen LogP contribution in [0.5, 0.6) is 0 Å². The van der Waals surface area contributed by atoms with E-state index in [1.54, 1.807) is 0 Å². The first-order valence-corrected chi connectivity index (χ1v) is 7.62. The number of para-hydroxylation sites is 1. The quantitative estimate of drug-likeness (QED) is 0.889. The second-order valence-electron chi connectivity index (χ2n) is 5.97. The highest BCUT2D eigenvalue weighted by Crippen LogP contribution is 2.36. The lowest BCUT2D eigenvalue weighted by molar-refractivity contribution is 0.847. The standard InChI is InChI=1S/C20H22N2/c1-14(15(2)21)19-10-6-9-17-12-11-16-7-4-5-8-18(16)13-22(3)20(17)19/h4-12,14H,2,13,21H2,1,3H3. The molecule has 0 radical (unpaired) electrons. The number of nitrogens with zero attached hydrogens (tertiary/aromatic N) is 1. The number of benzene rings is 2. The van der Waals surface area contributed by atoms with Crippen molar-refractivity contribution in [2.24, 2.45) is 5.73 Å². The van der Waals surface area contributed by atoms with Crippen LogP contribution in [0.15, 0.2) is 54.7 Å². The van der Waals surface area contributed by atoms with Crippen LogP contribution in [0.2, 0.25) is 0 Å². The van der Waals surface area contributed by atoms with E-state index in [4.69, 9.17) is 5.73 Å². The van der Waals surface area contributed by atoms with E-state index in [-0.39, 0.29) is 5.92 Å². The van der Waals surface area contributed by atoms with Gasteiger partial charge in [0.05, 0.1) is 0 Å². The minimum atomic E-state index is 0.139. The zero-order valence-corrected chi connectivity index (χ0v) is 13.2. The second kappa shape index (κ2) is 5.72. The van der Waals surface area contributed by atoms with Gasteiger partial charge in [-0.05, 0) is 22.3 Å². The lowest BCUT2D eigenvalue weighted by atomic mass is 9.92. The van der Waals surface area contributed by atoms with Crippen LogP contribution >= 0.6 is 0 Å². The van der Waals surface area contributed by atoms with Gasteiger partial charge in [-0.25, -0.2) is 0 Å². The molecule has 2 nitrogen and oxygen atoms in total. The Balaban J connectivity index is 2.16.